The molecule has 1 N–H and O–H groups in total. The largest absolute Gasteiger partial charge is 0.348 e. The molecule has 1 aromatic heterocycles. The Kier molecular flexibility index (Phi) is 3.93. The molecule has 0 radical (unpaired) electrons. The molecule has 0 aliphatic carbocycles. The Hall–Kier alpha value is -0.420. The fourth-order valence-corrected chi connectivity index (χ4v) is 3.52. The fraction of sp³-hybridized carbons (Fsp3) is 0.667. The molecular weight excluding hydrogens is 414 g/mol. The summed E-state index contributed by atoms with van der Waals surface area (Å²) in [4.78, 5) is 25.5. The third-order valence-corrected chi connectivity index (χ3v) is 4.61. The first-order valence-electron chi connectivity index (χ1n) is 6.40. The molecule has 0 saturated carbocycles. The minimum absolute atomic E-state index is 0.0779. The molecule has 2 aliphatic heterocycles. The van der Waals surface area contributed by atoms with Crippen LogP contribution in [0.15, 0.2) is 15.8 Å². The number of aromatic amines is 1. The van der Waals surface area contributed by atoms with Gasteiger partial charge in [0.1, 0.15) is 17.2 Å². The minimum Gasteiger partial charge on any atom is -0.348 e. The van der Waals surface area contributed by atoms with Crippen molar-refractivity contribution < 1.29 is 14.2 Å². The highest BCUT2D eigenvalue weighted by Gasteiger charge is 2.55. The zero-order valence-corrected chi connectivity index (χ0v) is 14.3. The first-order chi connectivity index (χ1) is 9.82. The number of alkyl halides is 1. The number of halogens is 2. The van der Waals surface area contributed by atoms with Gasteiger partial charge < -0.3 is 14.2 Å². The highest BCUT2D eigenvalue weighted by Crippen LogP contribution is 2.43. The van der Waals surface area contributed by atoms with Crippen LogP contribution >= 0.6 is 34.2 Å². The number of H-pyrrole nitrogens is 1. The Balaban J connectivity index is 2.01. The first-order valence-corrected chi connectivity index (χ1v) is 8.31. The summed E-state index contributed by atoms with van der Waals surface area (Å²) in [6.45, 7) is 3.63. The standard InChI is InChI=1S/C12H14ClIN2O5/c1-12(2)20-7-6(3-14)19-10(8(7)21-12)16-4-5(13)9(17)15-11(16)18/h4,6-8,10H,3H2,1-2H3,(H,15,17,18)/t6-,7-,8-,10-/m1/s1. The van der Waals surface area contributed by atoms with Crippen molar-refractivity contribution in [2.24, 2.45) is 0 Å². The van der Waals surface area contributed by atoms with Crippen molar-refractivity contribution in [3.05, 3.63) is 32.1 Å². The van der Waals surface area contributed by atoms with Gasteiger partial charge in [0.15, 0.2) is 12.0 Å². The molecule has 0 spiro atoms. The average Bonchev–Trinajstić information content (AvgIpc) is 2.87. The van der Waals surface area contributed by atoms with Gasteiger partial charge in [0.2, 0.25) is 0 Å². The van der Waals surface area contributed by atoms with Gasteiger partial charge in [-0.3, -0.25) is 14.3 Å². The van der Waals surface area contributed by atoms with Crippen molar-refractivity contribution in [3.8, 4) is 0 Å². The molecule has 2 saturated heterocycles. The van der Waals surface area contributed by atoms with E-state index < -0.39 is 29.4 Å². The number of rotatable bonds is 2. The third-order valence-electron chi connectivity index (χ3n) is 3.48. The summed E-state index contributed by atoms with van der Waals surface area (Å²) in [5.74, 6) is -0.739. The van der Waals surface area contributed by atoms with E-state index in [0.29, 0.717) is 4.43 Å². The number of ether oxygens (including phenoxy) is 3. The number of hydrogen-bond acceptors (Lipinski definition) is 5. The van der Waals surface area contributed by atoms with Crippen LogP contribution in [-0.4, -0.2) is 38.1 Å². The predicted octanol–water partition coefficient (Wildman–Crippen LogP) is 1.04. The molecule has 116 valence electrons. The Morgan fingerprint density at radius 1 is 1.38 bits per heavy atom. The predicted molar refractivity (Wildman–Crippen MR) is 83.0 cm³/mol. The van der Waals surface area contributed by atoms with Crippen LogP contribution in [0.25, 0.3) is 0 Å². The topological polar surface area (TPSA) is 82.6 Å². The van der Waals surface area contributed by atoms with E-state index in [2.05, 4.69) is 27.6 Å². The van der Waals surface area contributed by atoms with Crippen molar-refractivity contribution >= 4 is 34.2 Å². The zero-order valence-electron chi connectivity index (χ0n) is 11.3. The molecule has 0 amide bonds. The first kappa shape index (κ1) is 15.5. The Labute approximate surface area is 138 Å². The van der Waals surface area contributed by atoms with Crippen LogP contribution in [0.1, 0.15) is 20.1 Å². The molecule has 2 aliphatic rings. The van der Waals surface area contributed by atoms with E-state index in [0.717, 1.165) is 0 Å². The second kappa shape index (κ2) is 5.34. The molecule has 0 bridgehead atoms. The Morgan fingerprint density at radius 3 is 2.71 bits per heavy atom. The van der Waals surface area contributed by atoms with Crippen LogP contribution in [0.3, 0.4) is 0 Å². The van der Waals surface area contributed by atoms with Gasteiger partial charge in [0.25, 0.3) is 5.56 Å². The second-order valence-electron chi connectivity index (χ2n) is 5.43. The van der Waals surface area contributed by atoms with Gasteiger partial charge in [0.05, 0.1) is 6.10 Å². The molecule has 2 fully saturated rings. The smallest absolute Gasteiger partial charge is 0.330 e. The van der Waals surface area contributed by atoms with E-state index in [1.54, 1.807) is 0 Å². The molecule has 9 heteroatoms. The summed E-state index contributed by atoms with van der Waals surface area (Å²) in [6, 6.07) is 0. The van der Waals surface area contributed by atoms with Gasteiger partial charge >= 0.3 is 5.69 Å². The van der Waals surface area contributed by atoms with E-state index in [4.69, 9.17) is 25.8 Å². The Morgan fingerprint density at radius 2 is 2.05 bits per heavy atom. The van der Waals surface area contributed by atoms with Crippen LogP contribution in [-0.2, 0) is 14.2 Å². The quantitative estimate of drug-likeness (QED) is 0.562. The van der Waals surface area contributed by atoms with E-state index in [9.17, 15) is 9.59 Å². The molecule has 3 heterocycles. The monoisotopic (exact) mass is 428 g/mol. The zero-order chi connectivity index (χ0) is 15.4. The number of fused-ring (bicyclic) bond motifs is 1. The fourth-order valence-electron chi connectivity index (χ4n) is 2.66. The van der Waals surface area contributed by atoms with Crippen LogP contribution in [0.4, 0.5) is 0 Å². The van der Waals surface area contributed by atoms with Gasteiger partial charge in [-0.25, -0.2) is 4.79 Å². The van der Waals surface area contributed by atoms with E-state index in [1.165, 1.54) is 10.8 Å². The van der Waals surface area contributed by atoms with Crippen molar-refractivity contribution in [2.75, 3.05) is 4.43 Å². The van der Waals surface area contributed by atoms with Gasteiger partial charge in [-0.2, -0.15) is 0 Å². The lowest BCUT2D eigenvalue weighted by molar-refractivity contribution is -0.194. The summed E-state index contributed by atoms with van der Waals surface area (Å²) in [5.41, 5.74) is -1.21. The van der Waals surface area contributed by atoms with Crippen LogP contribution in [0.5, 0.6) is 0 Å². The third kappa shape index (κ3) is 2.67. The number of hydrogen-bond donors (Lipinski definition) is 1. The molecule has 21 heavy (non-hydrogen) atoms. The maximum absolute atomic E-state index is 12.0. The highest BCUT2D eigenvalue weighted by molar-refractivity contribution is 14.1. The van der Waals surface area contributed by atoms with Crippen LogP contribution in [0.2, 0.25) is 5.02 Å². The molecular formula is C12H14ClIN2O5. The molecule has 4 atom stereocenters. The van der Waals surface area contributed by atoms with Crippen LogP contribution in [0, 0.1) is 0 Å². The average molecular weight is 429 g/mol. The van der Waals surface area contributed by atoms with Gasteiger partial charge in [-0.1, -0.05) is 34.2 Å². The SMILES string of the molecule is CC1(C)O[C@@H]2[C@H](O1)[C@@H](CI)O[C@H]2n1cc(Cl)c(=O)[nH]c1=O. The lowest BCUT2D eigenvalue weighted by Gasteiger charge is -2.24. The second-order valence-corrected chi connectivity index (χ2v) is 6.72. The molecule has 0 unspecified atom stereocenters. The summed E-state index contributed by atoms with van der Waals surface area (Å²) in [6.07, 6.45) is -0.299. The summed E-state index contributed by atoms with van der Waals surface area (Å²) in [5, 5.41) is -0.0779. The molecule has 3 rings (SSSR count). The van der Waals surface area contributed by atoms with Crippen molar-refractivity contribution in [1.29, 1.82) is 0 Å². The number of nitrogens with one attached hydrogen (secondary N) is 1. The lowest BCUT2D eigenvalue weighted by Crippen LogP contribution is -2.37. The summed E-state index contributed by atoms with van der Waals surface area (Å²) >= 11 is 8.00. The highest BCUT2D eigenvalue weighted by atomic mass is 127. The number of nitrogens with zero attached hydrogens (tertiary/aromatic N) is 1. The van der Waals surface area contributed by atoms with E-state index in [-0.39, 0.29) is 17.2 Å². The number of aromatic nitrogens is 2. The van der Waals surface area contributed by atoms with Crippen LogP contribution < -0.4 is 11.2 Å². The Bertz CT molecular complexity index is 672. The lowest BCUT2D eigenvalue weighted by atomic mass is 10.1. The normalized spacial score (nSPS) is 34.1. The summed E-state index contributed by atoms with van der Waals surface area (Å²) in [7, 11) is 0. The van der Waals surface area contributed by atoms with E-state index >= 15 is 0 Å². The van der Waals surface area contributed by atoms with Crippen molar-refractivity contribution in [3.63, 3.8) is 0 Å². The maximum atomic E-state index is 12.0. The summed E-state index contributed by atoms with van der Waals surface area (Å²) < 4.78 is 19.5. The van der Waals surface area contributed by atoms with Gasteiger partial charge in [-0.05, 0) is 13.8 Å². The van der Waals surface area contributed by atoms with E-state index in [1.807, 2.05) is 13.8 Å². The molecule has 1 aromatic rings. The molecule has 7 nitrogen and oxygen atoms in total. The van der Waals surface area contributed by atoms with Gasteiger partial charge in [-0.15, -0.1) is 0 Å². The maximum Gasteiger partial charge on any atom is 0.330 e. The van der Waals surface area contributed by atoms with Gasteiger partial charge in [0, 0.05) is 10.6 Å². The molecule has 0 aromatic carbocycles. The minimum atomic E-state index is -0.739. The van der Waals surface area contributed by atoms with Crippen molar-refractivity contribution in [1.82, 2.24) is 9.55 Å². The van der Waals surface area contributed by atoms with Crippen molar-refractivity contribution in [2.45, 2.75) is 44.2 Å².